The summed E-state index contributed by atoms with van der Waals surface area (Å²) in [6, 6.07) is 12.6. The molecule has 1 N–H and O–H groups in total. The van der Waals surface area contributed by atoms with Gasteiger partial charge in [0, 0.05) is 38.5 Å². The molecule has 1 saturated heterocycles. The second-order valence-corrected chi connectivity index (χ2v) is 6.59. The van der Waals surface area contributed by atoms with Crippen LogP contribution in [0.5, 0.6) is 0 Å². The molecule has 0 aliphatic carbocycles. The molecule has 0 bridgehead atoms. The third-order valence-electron chi connectivity index (χ3n) is 4.65. The van der Waals surface area contributed by atoms with Crippen LogP contribution in [0, 0.1) is 10.1 Å². The molecule has 7 nitrogen and oxygen atoms in total. The smallest absolute Gasteiger partial charge is 0.282 e. The summed E-state index contributed by atoms with van der Waals surface area (Å²) >= 11 is 0. The molecule has 7 heteroatoms. The van der Waals surface area contributed by atoms with Gasteiger partial charge in [-0.25, -0.2) is 0 Å². The molecule has 0 unspecified atom stereocenters. The summed E-state index contributed by atoms with van der Waals surface area (Å²) in [6.07, 6.45) is 1.88. The van der Waals surface area contributed by atoms with Crippen LogP contribution in [0.1, 0.15) is 34.3 Å². The molecule has 0 radical (unpaired) electrons. The van der Waals surface area contributed by atoms with E-state index < -0.39 is 4.92 Å². The molecule has 142 valence electrons. The molecule has 0 spiro atoms. The minimum absolute atomic E-state index is 0.141. The van der Waals surface area contributed by atoms with Crippen LogP contribution in [0.15, 0.2) is 42.5 Å². The van der Waals surface area contributed by atoms with Crippen LogP contribution in [0.2, 0.25) is 0 Å². The number of benzene rings is 2. The Morgan fingerprint density at radius 1 is 1.15 bits per heavy atom. The van der Waals surface area contributed by atoms with Gasteiger partial charge in [0.25, 0.3) is 11.6 Å². The number of ether oxygens (including phenoxy) is 1. The van der Waals surface area contributed by atoms with Crippen molar-refractivity contribution in [1.82, 2.24) is 4.90 Å². The fourth-order valence-electron chi connectivity index (χ4n) is 3.19. The summed E-state index contributed by atoms with van der Waals surface area (Å²) in [5.41, 5.74) is 2.84. The van der Waals surface area contributed by atoms with Crippen LogP contribution in [-0.2, 0) is 17.9 Å². The average Bonchev–Trinajstić information content (AvgIpc) is 3.21. The number of hydrogen-bond donors (Lipinski definition) is 1. The van der Waals surface area contributed by atoms with Gasteiger partial charge in [-0.15, -0.1) is 0 Å². The Labute approximate surface area is 158 Å². The Bertz CT molecular complexity index is 814. The second-order valence-electron chi connectivity index (χ2n) is 6.59. The SMILES string of the molecule is COCc1ccc(CNc2ccc([N+](=O)[O-])c(C(=O)N3CCCC3)c2)cc1. The van der Waals surface area contributed by atoms with Crippen LogP contribution in [-0.4, -0.2) is 35.9 Å². The van der Waals surface area contributed by atoms with Crippen LogP contribution in [0.3, 0.4) is 0 Å². The Kier molecular flexibility index (Phi) is 6.03. The van der Waals surface area contributed by atoms with E-state index in [1.165, 1.54) is 6.07 Å². The van der Waals surface area contributed by atoms with E-state index in [2.05, 4.69) is 5.32 Å². The third-order valence-corrected chi connectivity index (χ3v) is 4.65. The van der Waals surface area contributed by atoms with Crippen molar-refractivity contribution in [2.75, 3.05) is 25.5 Å². The lowest BCUT2D eigenvalue weighted by Gasteiger charge is -2.16. The maximum absolute atomic E-state index is 12.7. The highest BCUT2D eigenvalue weighted by Crippen LogP contribution is 2.26. The number of methoxy groups -OCH3 is 1. The number of rotatable bonds is 7. The van der Waals surface area contributed by atoms with Crippen molar-refractivity contribution in [2.45, 2.75) is 26.0 Å². The van der Waals surface area contributed by atoms with Gasteiger partial charge in [0.05, 0.1) is 11.5 Å². The lowest BCUT2D eigenvalue weighted by Crippen LogP contribution is -2.28. The molecule has 1 fully saturated rings. The molecular weight excluding hydrogens is 346 g/mol. The molecule has 1 amide bonds. The molecular formula is C20H23N3O4. The maximum Gasteiger partial charge on any atom is 0.282 e. The Morgan fingerprint density at radius 2 is 1.81 bits per heavy atom. The van der Waals surface area contributed by atoms with Crippen LogP contribution >= 0.6 is 0 Å². The number of nitro benzene ring substituents is 1. The van der Waals surface area contributed by atoms with E-state index in [1.54, 1.807) is 24.1 Å². The van der Waals surface area contributed by atoms with E-state index >= 15 is 0 Å². The lowest BCUT2D eigenvalue weighted by molar-refractivity contribution is -0.385. The van der Waals surface area contributed by atoms with Gasteiger partial charge in [-0.3, -0.25) is 14.9 Å². The van der Waals surface area contributed by atoms with Gasteiger partial charge in [-0.2, -0.15) is 0 Å². The molecule has 1 heterocycles. The van der Waals surface area contributed by atoms with Gasteiger partial charge in [-0.1, -0.05) is 24.3 Å². The largest absolute Gasteiger partial charge is 0.381 e. The first-order valence-corrected chi connectivity index (χ1v) is 8.97. The highest BCUT2D eigenvalue weighted by molar-refractivity contribution is 5.99. The number of anilines is 1. The summed E-state index contributed by atoms with van der Waals surface area (Å²) < 4.78 is 5.10. The number of carbonyl (C=O) groups excluding carboxylic acids is 1. The predicted molar refractivity (Wildman–Crippen MR) is 103 cm³/mol. The maximum atomic E-state index is 12.7. The Morgan fingerprint density at radius 3 is 2.44 bits per heavy atom. The lowest BCUT2D eigenvalue weighted by atomic mass is 10.1. The monoisotopic (exact) mass is 369 g/mol. The van der Waals surface area contributed by atoms with Crippen LogP contribution in [0.25, 0.3) is 0 Å². The topological polar surface area (TPSA) is 84.7 Å². The van der Waals surface area contributed by atoms with Crippen molar-refractivity contribution in [3.05, 3.63) is 69.3 Å². The van der Waals surface area contributed by atoms with Crippen molar-refractivity contribution in [2.24, 2.45) is 0 Å². The molecule has 1 aliphatic rings. The minimum atomic E-state index is -0.498. The minimum Gasteiger partial charge on any atom is -0.381 e. The second kappa shape index (κ2) is 8.64. The zero-order valence-corrected chi connectivity index (χ0v) is 15.3. The van der Waals surface area contributed by atoms with Crippen molar-refractivity contribution < 1.29 is 14.5 Å². The first-order valence-electron chi connectivity index (χ1n) is 8.97. The fraction of sp³-hybridized carbons (Fsp3) is 0.350. The van der Waals surface area contributed by atoms with Crippen molar-refractivity contribution in [3.8, 4) is 0 Å². The van der Waals surface area contributed by atoms with E-state index in [1.807, 2.05) is 24.3 Å². The molecule has 0 saturated carbocycles. The average molecular weight is 369 g/mol. The van der Waals surface area contributed by atoms with E-state index in [9.17, 15) is 14.9 Å². The van der Waals surface area contributed by atoms with Gasteiger partial charge in [0.15, 0.2) is 0 Å². The normalized spacial score (nSPS) is 13.6. The quantitative estimate of drug-likeness (QED) is 0.595. The molecule has 0 aromatic heterocycles. The molecule has 27 heavy (non-hydrogen) atoms. The number of nitrogens with one attached hydrogen (secondary N) is 1. The van der Waals surface area contributed by atoms with Gasteiger partial charge in [0.2, 0.25) is 0 Å². The number of carbonyl (C=O) groups is 1. The molecule has 0 atom stereocenters. The van der Waals surface area contributed by atoms with Crippen molar-refractivity contribution in [1.29, 1.82) is 0 Å². The molecule has 2 aromatic rings. The highest BCUT2D eigenvalue weighted by atomic mass is 16.6. The highest BCUT2D eigenvalue weighted by Gasteiger charge is 2.26. The van der Waals surface area contributed by atoms with Gasteiger partial charge in [0.1, 0.15) is 5.56 Å². The van der Waals surface area contributed by atoms with E-state index in [4.69, 9.17) is 4.74 Å². The van der Waals surface area contributed by atoms with Crippen LogP contribution < -0.4 is 5.32 Å². The number of amides is 1. The van der Waals surface area contributed by atoms with Crippen LogP contribution in [0.4, 0.5) is 11.4 Å². The third kappa shape index (κ3) is 4.62. The van der Waals surface area contributed by atoms with Gasteiger partial charge < -0.3 is 15.0 Å². The fourth-order valence-corrected chi connectivity index (χ4v) is 3.19. The predicted octanol–water partition coefficient (Wildman–Crippen LogP) is 3.59. The van der Waals surface area contributed by atoms with E-state index in [-0.39, 0.29) is 17.2 Å². The van der Waals surface area contributed by atoms with E-state index in [0.717, 1.165) is 24.0 Å². The number of nitrogens with zero attached hydrogens (tertiary/aromatic N) is 2. The zero-order chi connectivity index (χ0) is 19.2. The standard InChI is InChI=1S/C20H23N3O4/c1-27-14-16-6-4-15(5-7-16)13-21-17-8-9-19(23(25)26)18(12-17)20(24)22-10-2-3-11-22/h4-9,12,21H,2-3,10-11,13-14H2,1H3. The Hall–Kier alpha value is -2.93. The number of hydrogen-bond acceptors (Lipinski definition) is 5. The summed E-state index contributed by atoms with van der Waals surface area (Å²) in [5.74, 6) is -0.272. The van der Waals surface area contributed by atoms with Gasteiger partial charge in [-0.05, 0) is 36.1 Å². The summed E-state index contributed by atoms with van der Waals surface area (Å²) in [5, 5.41) is 14.6. The summed E-state index contributed by atoms with van der Waals surface area (Å²) in [6.45, 7) is 2.43. The van der Waals surface area contributed by atoms with Crippen molar-refractivity contribution in [3.63, 3.8) is 0 Å². The molecule has 3 rings (SSSR count). The summed E-state index contributed by atoms with van der Waals surface area (Å²) in [4.78, 5) is 25.2. The van der Waals surface area contributed by atoms with Crippen molar-refractivity contribution >= 4 is 17.3 Å². The Balaban J connectivity index is 1.74. The van der Waals surface area contributed by atoms with E-state index in [0.29, 0.717) is 31.9 Å². The first kappa shape index (κ1) is 18.8. The number of nitro groups is 1. The first-order chi connectivity index (χ1) is 13.1. The molecule has 1 aliphatic heterocycles. The van der Waals surface area contributed by atoms with Gasteiger partial charge >= 0.3 is 0 Å². The number of likely N-dealkylation sites (tertiary alicyclic amines) is 1. The summed E-state index contributed by atoms with van der Waals surface area (Å²) in [7, 11) is 1.66. The zero-order valence-electron chi connectivity index (χ0n) is 15.3. The molecule has 2 aromatic carbocycles.